The monoisotopic (exact) mass is 266 g/mol. The molecular formula is C15H26N2O2. The van der Waals surface area contributed by atoms with Crippen LogP contribution in [-0.2, 0) is 4.74 Å². The number of nitrogens with two attached hydrogens (primary N) is 1. The smallest absolute Gasteiger partial charge is 0.118 e. The van der Waals surface area contributed by atoms with Gasteiger partial charge in [-0.25, -0.2) is 0 Å². The molecule has 1 aromatic rings. The lowest BCUT2D eigenvalue weighted by Gasteiger charge is -2.32. The van der Waals surface area contributed by atoms with Crippen molar-refractivity contribution in [2.75, 3.05) is 33.9 Å². The largest absolute Gasteiger partial charge is 0.497 e. The number of nitrogens with zero attached hydrogens (tertiary/aromatic N) is 1. The molecule has 0 aliphatic carbocycles. The van der Waals surface area contributed by atoms with Crippen molar-refractivity contribution < 1.29 is 9.47 Å². The van der Waals surface area contributed by atoms with Gasteiger partial charge in [-0.3, -0.25) is 4.90 Å². The first-order chi connectivity index (χ1) is 9.13. The average molecular weight is 266 g/mol. The molecule has 0 aliphatic heterocycles. The van der Waals surface area contributed by atoms with Crippen molar-refractivity contribution in [1.29, 1.82) is 0 Å². The Hall–Kier alpha value is -1.10. The molecule has 0 aliphatic rings. The molecule has 2 atom stereocenters. The fourth-order valence-corrected chi connectivity index (χ4v) is 2.19. The van der Waals surface area contributed by atoms with Gasteiger partial charge in [-0.15, -0.1) is 0 Å². The summed E-state index contributed by atoms with van der Waals surface area (Å²) in [6.45, 7) is 6.90. The van der Waals surface area contributed by atoms with E-state index in [1.807, 2.05) is 24.3 Å². The molecule has 108 valence electrons. The van der Waals surface area contributed by atoms with E-state index in [0.717, 1.165) is 31.0 Å². The molecule has 4 nitrogen and oxygen atoms in total. The Morgan fingerprint density at radius 2 is 1.84 bits per heavy atom. The Kier molecular flexibility index (Phi) is 6.84. The molecule has 0 fully saturated rings. The predicted octanol–water partition coefficient (Wildman–Crippen LogP) is 2.05. The molecule has 1 aromatic carbocycles. The molecule has 19 heavy (non-hydrogen) atoms. The predicted molar refractivity (Wildman–Crippen MR) is 78.5 cm³/mol. The third kappa shape index (κ3) is 4.49. The van der Waals surface area contributed by atoms with Crippen molar-refractivity contribution in [3.05, 3.63) is 29.8 Å². The normalized spacial score (nSPS) is 14.4. The molecule has 0 amide bonds. The maximum atomic E-state index is 6.35. The minimum atomic E-state index is -0.0114. The first-order valence-electron chi connectivity index (χ1n) is 6.76. The lowest BCUT2D eigenvalue weighted by molar-refractivity contribution is 0.119. The molecular weight excluding hydrogens is 240 g/mol. The van der Waals surface area contributed by atoms with Crippen LogP contribution < -0.4 is 10.5 Å². The van der Waals surface area contributed by atoms with Gasteiger partial charge in [0, 0.05) is 25.7 Å². The van der Waals surface area contributed by atoms with Crippen LogP contribution in [0.5, 0.6) is 5.75 Å². The highest BCUT2D eigenvalue weighted by molar-refractivity contribution is 5.29. The van der Waals surface area contributed by atoms with Gasteiger partial charge < -0.3 is 15.2 Å². The highest BCUT2D eigenvalue weighted by atomic mass is 16.5. The van der Waals surface area contributed by atoms with Gasteiger partial charge in [0.2, 0.25) is 0 Å². The Morgan fingerprint density at radius 3 is 2.32 bits per heavy atom. The van der Waals surface area contributed by atoms with Crippen LogP contribution in [0.15, 0.2) is 24.3 Å². The van der Waals surface area contributed by atoms with Crippen LogP contribution in [0.4, 0.5) is 0 Å². The second kappa shape index (κ2) is 8.15. The number of ether oxygens (including phenoxy) is 2. The summed E-state index contributed by atoms with van der Waals surface area (Å²) in [6, 6.07) is 8.23. The first kappa shape index (κ1) is 16.0. The van der Waals surface area contributed by atoms with Crippen LogP contribution >= 0.6 is 0 Å². The fraction of sp³-hybridized carbons (Fsp3) is 0.600. The maximum Gasteiger partial charge on any atom is 0.118 e. The van der Waals surface area contributed by atoms with E-state index < -0.39 is 0 Å². The molecule has 4 heteroatoms. The van der Waals surface area contributed by atoms with Crippen molar-refractivity contribution in [3.63, 3.8) is 0 Å². The standard InChI is InChI=1S/C15H26N2O2/c1-5-17(10-11-18-3)12(2)15(16)13-6-8-14(19-4)9-7-13/h6-9,12,15H,5,10-11,16H2,1-4H3. The summed E-state index contributed by atoms with van der Waals surface area (Å²) in [5.74, 6) is 0.857. The summed E-state index contributed by atoms with van der Waals surface area (Å²) in [7, 11) is 3.39. The van der Waals surface area contributed by atoms with E-state index in [4.69, 9.17) is 15.2 Å². The number of methoxy groups -OCH3 is 2. The molecule has 0 aromatic heterocycles. The molecule has 1 rings (SSSR count). The molecule has 0 saturated heterocycles. The van der Waals surface area contributed by atoms with Gasteiger partial charge >= 0.3 is 0 Å². The lowest BCUT2D eigenvalue weighted by Crippen LogP contribution is -2.42. The first-order valence-corrected chi connectivity index (χ1v) is 6.76. The van der Waals surface area contributed by atoms with Crippen molar-refractivity contribution in [1.82, 2.24) is 4.90 Å². The van der Waals surface area contributed by atoms with Crippen molar-refractivity contribution in [2.45, 2.75) is 25.9 Å². The second-order valence-corrected chi connectivity index (χ2v) is 4.66. The highest BCUT2D eigenvalue weighted by Gasteiger charge is 2.20. The highest BCUT2D eigenvalue weighted by Crippen LogP contribution is 2.21. The minimum Gasteiger partial charge on any atom is -0.497 e. The fourth-order valence-electron chi connectivity index (χ4n) is 2.19. The number of rotatable bonds is 8. The van der Waals surface area contributed by atoms with E-state index in [1.165, 1.54) is 0 Å². The zero-order valence-electron chi connectivity index (χ0n) is 12.4. The Bertz CT molecular complexity index is 354. The topological polar surface area (TPSA) is 47.7 Å². The van der Waals surface area contributed by atoms with Gasteiger partial charge in [-0.05, 0) is 31.2 Å². The van der Waals surface area contributed by atoms with Gasteiger partial charge in [0.1, 0.15) is 5.75 Å². The SMILES string of the molecule is CCN(CCOC)C(C)C(N)c1ccc(OC)cc1. The van der Waals surface area contributed by atoms with Crippen LogP contribution in [-0.4, -0.2) is 44.9 Å². The molecule has 0 spiro atoms. The summed E-state index contributed by atoms with van der Waals surface area (Å²) in [4.78, 5) is 2.33. The van der Waals surface area contributed by atoms with Gasteiger partial charge in [0.25, 0.3) is 0 Å². The number of benzene rings is 1. The summed E-state index contributed by atoms with van der Waals surface area (Å²) in [6.07, 6.45) is 0. The summed E-state index contributed by atoms with van der Waals surface area (Å²) < 4.78 is 10.3. The van der Waals surface area contributed by atoms with Crippen molar-refractivity contribution in [2.24, 2.45) is 5.73 Å². The third-order valence-corrected chi connectivity index (χ3v) is 3.59. The molecule has 0 radical (unpaired) electrons. The van der Waals surface area contributed by atoms with Crippen molar-refractivity contribution >= 4 is 0 Å². The summed E-state index contributed by atoms with van der Waals surface area (Å²) in [5.41, 5.74) is 7.48. The molecule has 2 N–H and O–H groups in total. The van der Waals surface area contributed by atoms with Crippen LogP contribution in [0.2, 0.25) is 0 Å². The summed E-state index contributed by atoms with van der Waals surface area (Å²) in [5, 5.41) is 0. The molecule has 0 bridgehead atoms. The molecule has 0 heterocycles. The van der Waals surface area contributed by atoms with Gasteiger partial charge in [-0.1, -0.05) is 19.1 Å². The van der Waals surface area contributed by atoms with E-state index in [2.05, 4.69) is 18.7 Å². The van der Waals surface area contributed by atoms with Crippen LogP contribution in [0.1, 0.15) is 25.5 Å². The Labute approximate surface area is 116 Å². The average Bonchev–Trinajstić information content (AvgIpc) is 2.47. The third-order valence-electron chi connectivity index (χ3n) is 3.59. The lowest BCUT2D eigenvalue weighted by atomic mass is 10.00. The maximum absolute atomic E-state index is 6.35. The number of likely N-dealkylation sites (N-methyl/N-ethyl adjacent to an activating group) is 1. The van der Waals surface area contributed by atoms with E-state index in [9.17, 15) is 0 Å². The van der Waals surface area contributed by atoms with Crippen LogP contribution in [0, 0.1) is 0 Å². The Balaban J connectivity index is 2.70. The number of hydrogen-bond donors (Lipinski definition) is 1. The van der Waals surface area contributed by atoms with Crippen LogP contribution in [0.25, 0.3) is 0 Å². The van der Waals surface area contributed by atoms with Gasteiger partial charge in [0.05, 0.1) is 13.7 Å². The molecule has 0 saturated carbocycles. The van der Waals surface area contributed by atoms with E-state index in [1.54, 1.807) is 14.2 Å². The quantitative estimate of drug-likeness (QED) is 0.782. The zero-order valence-corrected chi connectivity index (χ0v) is 12.4. The van der Waals surface area contributed by atoms with Crippen molar-refractivity contribution in [3.8, 4) is 5.75 Å². The van der Waals surface area contributed by atoms with E-state index in [0.29, 0.717) is 0 Å². The summed E-state index contributed by atoms with van der Waals surface area (Å²) >= 11 is 0. The Morgan fingerprint density at radius 1 is 1.21 bits per heavy atom. The number of hydrogen-bond acceptors (Lipinski definition) is 4. The van der Waals surface area contributed by atoms with E-state index >= 15 is 0 Å². The zero-order chi connectivity index (χ0) is 14.3. The minimum absolute atomic E-state index is 0.0114. The van der Waals surface area contributed by atoms with Gasteiger partial charge in [-0.2, -0.15) is 0 Å². The second-order valence-electron chi connectivity index (χ2n) is 4.66. The van der Waals surface area contributed by atoms with E-state index in [-0.39, 0.29) is 12.1 Å². The van der Waals surface area contributed by atoms with Gasteiger partial charge in [0.15, 0.2) is 0 Å². The van der Waals surface area contributed by atoms with Crippen LogP contribution in [0.3, 0.4) is 0 Å². The molecule has 2 unspecified atom stereocenters.